The van der Waals surface area contributed by atoms with Crippen molar-refractivity contribution in [2.45, 2.75) is 0 Å². The summed E-state index contributed by atoms with van der Waals surface area (Å²) in [5.41, 5.74) is 0.443. The van der Waals surface area contributed by atoms with Gasteiger partial charge in [0.25, 0.3) is 0 Å². The zero-order valence-corrected chi connectivity index (χ0v) is 10.2. The van der Waals surface area contributed by atoms with E-state index in [1.807, 2.05) is 0 Å². The van der Waals surface area contributed by atoms with Crippen LogP contribution in [0.2, 0.25) is 5.02 Å². The average molecular weight is 261 g/mol. The minimum atomic E-state index is -0.526. The summed E-state index contributed by atoms with van der Waals surface area (Å²) in [7, 11) is 1.72. The highest BCUT2D eigenvalue weighted by Gasteiger charge is 2.07. The fourth-order valence-corrected chi connectivity index (χ4v) is 1.45. The molecule has 1 rings (SSSR count). The number of likely N-dealkylation sites (N-methyl/N-ethyl adjacent to an activating group) is 1. The van der Waals surface area contributed by atoms with Crippen LogP contribution in [0.4, 0.5) is 10.1 Å². The molecule has 94 valence electrons. The fourth-order valence-electron chi connectivity index (χ4n) is 1.27. The first-order chi connectivity index (χ1) is 8.02. The predicted octanol–water partition coefficient (Wildman–Crippen LogP) is 1.34. The van der Waals surface area contributed by atoms with Gasteiger partial charge in [0.1, 0.15) is 5.82 Å². The van der Waals surface area contributed by atoms with Gasteiger partial charge >= 0.3 is 0 Å². The molecule has 0 saturated carbocycles. The van der Waals surface area contributed by atoms with E-state index in [0.717, 1.165) is 0 Å². The first-order valence-corrected chi connectivity index (χ1v) is 5.45. The molecule has 1 amide bonds. The summed E-state index contributed by atoms with van der Waals surface area (Å²) in [6.45, 7) is 0.555. The molecule has 1 aromatic rings. The Labute approximate surface area is 104 Å². The second kappa shape index (κ2) is 6.54. The van der Waals surface area contributed by atoms with Gasteiger partial charge in [0.15, 0.2) is 0 Å². The van der Waals surface area contributed by atoms with Gasteiger partial charge in [-0.2, -0.15) is 0 Å². The maximum absolute atomic E-state index is 12.9. The minimum absolute atomic E-state index is 0.00778. The van der Waals surface area contributed by atoms with Gasteiger partial charge in [-0.15, -0.1) is 0 Å². The van der Waals surface area contributed by atoms with Gasteiger partial charge in [0.05, 0.1) is 18.2 Å². The molecule has 1 aromatic carbocycles. The van der Waals surface area contributed by atoms with E-state index in [0.29, 0.717) is 12.2 Å². The van der Waals surface area contributed by atoms with E-state index >= 15 is 0 Å². The third kappa shape index (κ3) is 4.68. The Balaban J connectivity index is 2.53. The summed E-state index contributed by atoms with van der Waals surface area (Å²) in [5, 5.41) is 11.2. The molecule has 0 aliphatic heterocycles. The topological polar surface area (TPSA) is 52.6 Å². The molecular formula is C11H14ClFN2O2. The molecule has 4 nitrogen and oxygen atoms in total. The first kappa shape index (κ1) is 13.9. The van der Waals surface area contributed by atoms with Gasteiger partial charge in [0.2, 0.25) is 5.91 Å². The number of halogens is 2. The lowest BCUT2D eigenvalue weighted by Crippen LogP contribution is -2.32. The highest BCUT2D eigenvalue weighted by molar-refractivity contribution is 6.31. The number of aliphatic hydroxyl groups is 1. The van der Waals surface area contributed by atoms with E-state index in [4.69, 9.17) is 16.7 Å². The van der Waals surface area contributed by atoms with Gasteiger partial charge in [-0.3, -0.25) is 9.69 Å². The van der Waals surface area contributed by atoms with Crippen LogP contribution in [0.25, 0.3) is 0 Å². The molecule has 0 heterocycles. The van der Waals surface area contributed by atoms with Crippen molar-refractivity contribution < 1.29 is 14.3 Å². The largest absolute Gasteiger partial charge is 0.395 e. The molecule has 0 atom stereocenters. The molecule has 0 saturated heterocycles. The average Bonchev–Trinajstić information content (AvgIpc) is 2.23. The molecule has 0 spiro atoms. The number of aliphatic hydroxyl groups excluding tert-OH is 1. The number of amides is 1. The number of nitrogens with one attached hydrogen (secondary N) is 1. The quantitative estimate of drug-likeness (QED) is 0.840. The van der Waals surface area contributed by atoms with E-state index in [2.05, 4.69) is 5.32 Å². The van der Waals surface area contributed by atoms with Crippen LogP contribution in [-0.2, 0) is 4.79 Å². The smallest absolute Gasteiger partial charge is 0.238 e. The predicted molar refractivity (Wildman–Crippen MR) is 64.6 cm³/mol. The van der Waals surface area contributed by atoms with Crippen LogP contribution in [0.1, 0.15) is 0 Å². The lowest BCUT2D eigenvalue weighted by molar-refractivity contribution is -0.117. The van der Waals surface area contributed by atoms with Crippen molar-refractivity contribution in [3.63, 3.8) is 0 Å². The van der Waals surface area contributed by atoms with Gasteiger partial charge in [-0.25, -0.2) is 4.39 Å². The van der Waals surface area contributed by atoms with Crippen molar-refractivity contribution in [2.75, 3.05) is 32.1 Å². The van der Waals surface area contributed by atoms with Crippen LogP contribution in [0.15, 0.2) is 18.2 Å². The summed E-state index contributed by atoms with van der Waals surface area (Å²) >= 11 is 5.58. The second-order valence-corrected chi connectivity index (χ2v) is 4.05. The molecule has 0 unspecified atom stereocenters. The van der Waals surface area contributed by atoms with Crippen LogP contribution in [-0.4, -0.2) is 42.7 Å². The molecule has 0 aliphatic rings. The van der Waals surface area contributed by atoms with Crippen molar-refractivity contribution in [3.8, 4) is 0 Å². The summed E-state index contributed by atoms with van der Waals surface area (Å²) in [5.74, 6) is -0.773. The molecule has 0 radical (unpaired) electrons. The molecular weight excluding hydrogens is 247 g/mol. The third-order valence-electron chi connectivity index (χ3n) is 2.10. The van der Waals surface area contributed by atoms with Gasteiger partial charge < -0.3 is 10.4 Å². The molecule has 6 heteroatoms. The van der Waals surface area contributed by atoms with Crippen LogP contribution in [0.3, 0.4) is 0 Å². The Hall–Kier alpha value is -1.17. The molecule has 0 bridgehead atoms. The summed E-state index contributed by atoms with van der Waals surface area (Å²) in [4.78, 5) is 13.2. The number of rotatable bonds is 5. The molecule has 0 aromatic heterocycles. The SMILES string of the molecule is CN(CCO)CC(=O)Nc1ccc(F)c(Cl)c1. The Morgan fingerprint density at radius 2 is 2.29 bits per heavy atom. The van der Waals surface area contributed by atoms with Crippen LogP contribution in [0, 0.1) is 5.82 Å². The van der Waals surface area contributed by atoms with E-state index < -0.39 is 5.82 Å². The molecule has 2 N–H and O–H groups in total. The summed E-state index contributed by atoms with van der Waals surface area (Å²) < 4.78 is 12.9. The number of nitrogens with zero attached hydrogens (tertiary/aromatic N) is 1. The van der Waals surface area contributed by atoms with Crippen molar-refractivity contribution in [3.05, 3.63) is 29.0 Å². The van der Waals surface area contributed by atoms with Crippen molar-refractivity contribution in [1.82, 2.24) is 4.90 Å². The molecule has 17 heavy (non-hydrogen) atoms. The lowest BCUT2D eigenvalue weighted by atomic mass is 10.3. The van der Waals surface area contributed by atoms with E-state index in [9.17, 15) is 9.18 Å². The third-order valence-corrected chi connectivity index (χ3v) is 2.39. The van der Waals surface area contributed by atoms with E-state index in [-0.39, 0.29) is 24.1 Å². The summed E-state index contributed by atoms with van der Waals surface area (Å²) in [6, 6.07) is 3.97. The zero-order valence-electron chi connectivity index (χ0n) is 9.41. The first-order valence-electron chi connectivity index (χ1n) is 5.07. The number of carbonyl (C=O) groups excluding carboxylic acids is 1. The second-order valence-electron chi connectivity index (χ2n) is 3.64. The minimum Gasteiger partial charge on any atom is -0.395 e. The Morgan fingerprint density at radius 3 is 2.88 bits per heavy atom. The number of anilines is 1. The molecule has 0 aliphatic carbocycles. The zero-order chi connectivity index (χ0) is 12.8. The van der Waals surface area contributed by atoms with Crippen LogP contribution < -0.4 is 5.32 Å². The standard InChI is InChI=1S/C11H14ClFN2O2/c1-15(4-5-16)7-11(17)14-8-2-3-10(13)9(12)6-8/h2-3,6,16H,4-5,7H2,1H3,(H,14,17). The number of carbonyl (C=O) groups is 1. The van der Waals surface area contributed by atoms with Gasteiger partial charge in [-0.05, 0) is 25.2 Å². The highest BCUT2D eigenvalue weighted by Crippen LogP contribution is 2.19. The number of benzene rings is 1. The van der Waals surface area contributed by atoms with E-state index in [1.54, 1.807) is 11.9 Å². The Bertz CT molecular complexity index is 401. The monoisotopic (exact) mass is 260 g/mol. The van der Waals surface area contributed by atoms with Gasteiger partial charge in [0, 0.05) is 12.2 Å². The van der Waals surface area contributed by atoms with Crippen LogP contribution in [0.5, 0.6) is 0 Å². The van der Waals surface area contributed by atoms with Crippen molar-refractivity contribution in [2.24, 2.45) is 0 Å². The Morgan fingerprint density at radius 1 is 1.59 bits per heavy atom. The maximum atomic E-state index is 12.9. The lowest BCUT2D eigenvalue weighted by Gasteiger charge is -2.14. The van der Waals surface area contributed by atoms with E-state index in [1.165, 1.54) is 18.2 Å². The maximum Gasteiger partial charge on any atom is 0.238 e. The van der Waals surface area contributed by atoms with Crippen molar-refractivity contribution >= 4 is 23.2 Å². The number of hydrogen-bond donors (Lipinski definition) is 2. The number of hydrogen-bond acceptors (Lipinski definition) is 3. The Kier molecular flexibility index (Phi) is 5.34. The normalized spacial score (nSPS) is 10.6. The highest BCUT2D eigenvalue weighted by atomic mass is 35.5. The summed E-state index contributed by atoms with van der Waals surface area (Å²) in [6.07, 6.45) is 0. The van der Waals surface area contributed by atoms with Gasteiger partial charge in [-0.1, -0.05) is 11.6 Å². The van der Waals surface area contributed by atoms with Crippen LogP contribution >= 0.6 is 11.6 Å². The molecule has 0 fully saturated rings. The fraction of sp³-hybridized carbons (Fsp3) is 0.364. The van der Waals surface area contributed by atoms with Crippen molar-refractivity contribution in [1.29, 1.82) is 0 Å².